The molecule has 2 fully saturated rings. The monoisotopic (exact) mass is 734 g/mol. The van der Waals surface area contributed by atoms with Gasteiger partial charge in [-0.05, 0) is 61.4 Å². The minimum absolute atomic E-state index is 0.00636. The summed E-state index contributed by atoms with van der Waals surface area (Å²) in [5.41, 5.74) is 2.75. The summed E-state index contributed by atoms with van der Waals surface area (Å²) in [6, 6.07) is 12.0. The molecule has 1 saturated heterocycles. The van der Waals surface area contributed by atoms with Gasteiger partial charge in [0.15, 0.2) is 5.60 Å². The largest absolute Gasteiger partial charge is 0.496 e. The van der Waals surface area contributed by atoms with E-state index in [1.54, 1.807) is 7.11 Å². The predicted molar refractivity (Wildman–Crippen MR) is 208 cm³/mol. The van der Waals surface area contributed by atoms with Crippen molar-refractivity contribution in [3.8, 4) is 5.75 Å². The fourth-order valence-electron chi connectivity index (χ4n) is 12.9. The lowest BCUT2D eigenvalue weighted by Crippen LogP contribution is -2.78. The van der Waals surface area contributed by atoms with Gasteiger partial charge in [0, 0.05) is 89.9 Å². The van der Waals surface area contributed by atoms with Crippen LogP contribution in [0.15, 0.2) is 60.2 Å². The molecule has 286 valence electrons. The number of anilines is 1. The van der Waals surface area contributed by atoms with Crippen molar-refractivity contribution in [3.63, 3.8) is 0 Å². The van der Waals surface area contributed by atoms with Crippen molar-refractivity contribution < 1.29 is 28.9 Å². The third kappa shape index (κ3) is 4.22. The van der Waals surface area contributed by atoms with E-state index in [1.807, 2.05) is 20.0 Å². The number of aromatic nitrogens is 1. The zero-order chi connectivity index (χ0) is 37.9. The first-order chi connectivity index (χ1) is 26.0. The maximum absolute atomic E-state index is 15.1. The molecular formula is C44H54N4O6. The molecule has 2 aromatic carbocycles. The van der Waals surface area contributed by atoms with Gasteiger partial charge in [-0.1, -0.05) is 62.8 Å². The number of para-hydroxylation sites is 1. The van der Waals surface area contributed by atoms with Crippen LogP contribution in [0.3, 0.4) is 0 Å². The number of methoxy groups -OCH3 is 3. The maximum Gasteiger partial charge on any atom is 0.340 e. The molecule has 9 atom stereocenters. The zero-order valence-corrected chi connectivity index (χ0v) is 32.7. The minimum Gasteiger partial charge on any atom is -0.496 e. The van der Waals surface area contributed by atoms with Crippen molar-refractivity contribution in [1.82, 2.24) is 14.8 Å². The minimum atomic E-state index is -1.82. The smallest absolute Gasteiger partial charge is 0.340 e. The predicted octanol–water partition coefficient (Wildman–Crippen LogP) is 5.46. The van der Waals surface area contributed by atoms with Gasteiger partial charge in [-0.15, -0.1) is 0 Å². The van der Waals surface area contributed by atoms with Crippen LogP contribution >= 0.6 is 0 Å². The molecule has 10 heteroatoms. The molecule has 6 aliphatic rings. The average molecular weight is 735 g/mol. The number of aliphatic hydroxyl groups is 1. The highest BCUT2D eigenvalue weighted by atomic mass is 16.5. The van der Waals surface area contributed by atoms with Gasteiger partial charge in [0.1, 0.15) is 11.2 Å². The second-order valence-corrected chi connectivity index (χ2v) is 16.9. The number of carbonyl (C=O) groups excluding carboxylic acids is 2. The van der Waals surface area contributed by atoms with Crippen LogP contribution in [0.1, 0.15) is 68.8 Å². The molecule has 3 unspecified atom stereocenters. The number of hydrogen-bond donors (Lipinski definition) is 2. The number of ether oxygens (including phenoxy) is 3. The third-order valence-electron chi connectivity index (χ3n) is 15.1. The van der Waals surface area contributed by atoms with E-state index in [-0.39, 0.29) is 17.9 Å². The van der Waals surface area contributed by atoms with Crippen LogP contribution in [0, 0.1) is 17.3 Å². The zero-order valence-electron chi connectivity index (χ0n) is 32.7. The first-order valence-electron chi connectivity index (χ1n) is 19.8. The van der Waals surface area contributed by atoms with Gasteiger partial charge in [0.25, 0.3) is 0 Å². The van der Waals surface area contributed by atoms with E-state index < -0.39 is 39.8 Å². The van der Waals surface area contributed by atoms with Crippen molar-refractivity contribution in [1.29, 1.82) is 0 Å². The summed E-state index contributed by atoms with van der Waals surface area (Å²) in [6.45, 7) is 10.5. The SMILES string of the molecule is CCC1=CC2CN(C1)Cc1c([nH]c3ccccc13)[C@@](C(=O)OC)(c1cc3c(cc1OC)N(C)[C@@H]1C34CCN3CC=C[C@](CC)([C@H]34)[C@@H](C)[C@@]1(O)C(=O)OC)C2. The van der Waals surface area contributed by atoms with E-state index in [0.717, 1.165) is 84.4 Å². The molecule has 5 aliphatic heterocycles. The Morgan fingerprint density at radius 3 is 2.52 bits per heavy atom. The second-order valence-electron chi connectivity index (χ2n) is 16.9. The van der Waals surface area contributed by atoms with Gasteiger partial charge in [-0.2, -0.15) is 0 Å². The summed E-state index contributed by atoms with van der Waals surface area (Å²) in [5, 5.41) is 14.2. The van der Waals surface area contributed by atoms with Gasteiger partial charge in [-0.3, -0.25) is 14.6 Å². The number of esters is 2. The molecule has 6 heterocycles. The van der Waals surface area contributed by atoms with Gasteiger partial charge >= 0.3 is 11.9 Å². The van der Waals surface area contributed by atoms with E-state index in [9.17, 15) is 9.90 Å². The number of carbonyl (C=O) groups is 2. The Bertz CT molecular complexity index is 2120. The van der Waals surface area contributed by atoms with Crippen molar-refractivity contribution in [2.45, 2.75) is 81.5 Å². The fourth-order valence-corrected chi connectivity index (χ4v) is 12.9. The fraction of sp³-hybridized carbons (Fsp3) is 0.545. The Kier molecular flexibility index (Phi) is 8.03. The van der Waals surface area contributed by atoms with E-state index in [1.165, 1.54) is 19.8 Å². The molecule has 10 nitrogen and oxygen atoms in total. The topological polar surface area (TPSA) is 108 Å². The molecule has 2 N–H and O–H groups in total. The van der Waals surface area contributed by atoms with Gasteiger partial charge in [0.05, 0.1) is 27.4 Å². The van der Waals surface area contributed by atoms with Crippen molar-refractivity contribution in [2.24, 2.45) is 17.3 Å². The summed E-state index contributed by atoms with van der Waals surface area (Å²) in [6.07, 6.45) is 9.82. The number of H-pyrrole nitrogens is 1. The lowest BCUT2D eigenvalue weighted by atomic mass is 9.45. The van der Waals surface area contributed by atoms with Crippen LogP contribution in [0.2, 0.25) is 0 Å². The summed E-state index contributed by atoms with van der Waals surface area (Å²) >= 11 is 0. The van der Waals surface area contributed by atoms with E-state index in [2.05, 4.69) is 82.1 Å². The number of hydrogen-bond acceptors (Lipinski definition) is 9. The Labute approximate surface area is 318 Å². The number of nitrogens with one attached hydrogen (secondary N) is 1. The quantitative estimate of drug-likeness (QED) is 0.253. The van der Waals surface area contributed by atoms with Gasteiger partial charge < -0.3 is 29.2 Å². The summed E-state index contributed by atoms with van der Waals surface area (Å²) < 4.78 is 17.8. The Morgan fingerprint density at radius 1 is 1.02 bits per heavy atom. The molecule has 9 rings (SSSR count). The van der Waals surface area contributed by atoms with E-state index in [0.29, 0.717) is 18.7 Å². The lowest BCUT2D eigenvalue weighted by Gasteiger charge is -2.64. The average Bonchev–Trinajstić information content (AvgIpc) is 3.84. The highest BCUT2D eigenvalue weighted by Gasteiger charge is 2.78. The number of aromatic amines is 1. The van der Waals surface area contributed by atoms with E-state index in [4.69, 9.17) is 14.2 Å². The Balaban J connectivity index is 1.37. The molecular weight excluding hydrogens is 681 g/mol. The molecule has 2 bridgehead atoms. The molecule has 0 amide bonds. The van der Waals surface area contributed by atoms with Crippen molar-refractivity contribution in [2.75, 3.05) is 59.5 Å². The van der Waals surface area contributed by atoms with E-state index >= 15 is 4.79 Å². The number of fused-ring (bicyclic) bond motifs is 6. The molecule has 1 saturated carbocycles. The van der Waals surface area contributed by atoms with Crippen LogP contribution in [0.4, 0.5) is 5.69 Å². The van der Waals surface area contributed by atoms with Crippen LogP contribution in [-0.4, -0.2) is 104 Å². The molecule has 0 radical (unpaired) electrons. The highest BCUT2D eigenvalue weighted by Crippen LogP contribution is 2.69. The third-order valence-corrected chi connectivity index (χ3v) is 15.1. The standard InChI is InChI=1S/C44H54N4O6/c1-8-27-19-28-22-43(39(49)53-6,36-30(25-47(23-27)24-28)29-13-10-11-14-33(29)45-36)32-20-31-34(21-35(32)52-5)46(4)38-42(31)16-18-48-17-12-15-41(9-2,37(42)48)26(3)44(38,51)40(50)54-7/h10-15,19-21,26,28,37-38,45,51H,8-9,16-18,22-25H2,1-7H3/t26-,28?,37+,38-,41+,42?,43+,44+/m1/s1. The Hall–Kier alpha value is -4.12. The molecule has 54 heavy (non-hydrogen) atoms. The highest BCUT2D eigenvalue weighted by molar-refractivity contribution is 5.95. The van der Waals surface area contributed by atoms with Crippen molar-refractivity contribution in [3.05, 3.63) is 82.6 Å². The number of benzene rings is 2. The molecule has 3 aromatic rings. The van der Waals surface area contributed by atoms with Crippen LogP contribution in [-0.2, 0) is 36.4 Å². The van der Waals surface area contributed by atoms with Crippen LogP contribution in [0.25, 0.3) is 10.9 Å². The number of likely N-dealkylation sites (N-methyl/N-ethyl adjacent to an activating group) is 1. The lowest BCUT2D eigenvalue weighted by molar-refractivity contribution is -0.197. The second kappa shape index (κ2) is 12.2. The van der Waals surface area contributed by atoms with Crippen LogP contribution in [0.5, 0.6) is 5.75 Å². The van der Waals surface area contributed by atoms with Gasteiger partial charge in [-0.25, -0.2) is 4.79 Å². The van der Waals surface area contributed by atoms with Gasteiger partial charge in [0.2, 0.25) is 0 Å². The molecule has 1 spiro atoms. The van der Waals surface area contributed by atoms with Crippen LogP contribution < -0.4 is 9.64 Å². The molecule has 1 aliphatic carbocycles. The summed E-state index contributed by atoms with van der Waals surface area (Å²) in [7, 11) is 6.53. The molecule has 1 aromatic heterocycles. The number of nitrogens with zero attached hydrogens (tertiary/aromatic N) is 3. The summed E-state index contributed by atoms with van der Waals surface area (Å²) in [4.78, 5) is 40.3. The normalized spacial score (nSPS) is 36.3. The van der Waals surface area contributed by atoms with Crippen molar-refractivity contribution >= 4 is 28.5 Å². The number of rotatable bonds is 6. The first kappa shape index (κ1) is 35.6. The summed E-state index contributed by atoms with van der Waals surface area (Å²) in [5.74, 6) is -0.718. The Morgan fingerprint density at radius 2 is 1.80 bits per heavy atom. The first-order valence-corrected chi connectivity index (χ1v) is 19.8. The maximum atomic E-state index is 15.1.